The average molecular weight is 209 g/mol. The Morgan fingerprint density at radius 3 is 2.20 bits per heavy atom. The maximum absolute atomic E-state index is 6.25. The summed E-state index contributed by atoms with van der Waals surface area (Å²) < 4.78 is 10.3. The molecule has 0 radical (unpaired) electrons. The molecule has 0 bridgehead atoms. The lowest BCUT2D eigenvalue weighted by Gasteiger charge is -2.27. The van der Waals surface area contributed by atoms with Crippen LogP contribution < -0.4 is 10.5 Å². The first kappa shape index (κ1) is 12.0. The molecule has 1 atom stereocenters. The van der Waals surface area contributed by atoms with Crippen LogP contribution in [0.4, 0.5) is 0 Å². The van der Waals surface area contributed by atoms with E-state index < -0.39 is 5.54 Å². The van der Waals surface area contributed by atoms with Gasteiger partial charge in [-0.2, -0.15) is 0 Å². The Morgan fingerprint density at radius 2 is 1.80 bits per heavy atom. The third-order valence-electron chi connectivity index (χ3n) is 2.70. The summed E-state index contributed by atoms with van der Waals surface area (Å²) in [5.41, 5.74) is 6.93. The maximum Gasteiger partial charge on any atom is 0.118 e. The minimum absolute atomic E-state index is 0.402. The molecule has 0 heterocycles. The number of ether oxygens (including phenoxy) is 2. The zero-order valence-corrected chi connectivity index (χ0v) is 9.62. The lowest BCUT2D eigenvalue weighted by molar-refractivity contribution is 0.129. The molecule has 0 amide bonds. The van der Waals surface area contributed by atoms with Crippen LogP contribution in [0.25, 0.3) is 0 Å². The normalized spacial score (nSPS) is 14.7. The van der Waals surface area contributed by atoms with Gasteiger partial charge in [0.25, 0.3) is 0 Å². The summed E-state index contributed by atoms with van der Waals surface area (Å²) in [6.45, 7) is 2.58. The molecular weight excluding hydrogens is 190 g/mol. The predicted molar refractivity (Wildman–Crippen MR) is 61.0 cm³/mol. The summed E-state index contributed by atoms with van der Waals surface area (Å²) in [4.78, 5) is 0. The fourth-order valence-corrected chi connectivity index (χ4v) is 1.57. The van der Waals surface area contributed by atoms with Gasteiger partial charge in [0.05, 0.1) is 19.3 Å². The number of benzene rings is 1. The molecule has 3 nitrogen and oxygen atoms in total. The standard InChI is InChI=1S/C12H19NO2/c1-4-12(13,9-14-2)10-5-7-11(15-3)8-6-10/h5-8H,4,9,13H2,1-3H3. The first-order valence-corrected chi connectivity index (χ1v) is 5.08. The lowest BCUT2D eigenvalue weighted by Crippen LogP contribution is -2.40. The van der Waals surface area contributed by atoms with Gasteiger partial charge >= 0.3 is 0 Å². The number of rotatable bonds is 5. The van der Waals surface area contributed by atoms with Gasteiger partial charge in [0.2, 0.25) is 0 Å². The van der Waals surface area contributed by atoms with E-state index in [1.807, 2.05) is 24.3 Å². The van der Waals surface area contributed by atoms with Crippen molar-refractivity contribution >= 4 is 0 Å². The highest BCUT2D eigenvalue weighted by atomic mass is 16.5. The molecule has 84 valence electrons. The number of nitrogens with two attached hydrogens (primary N) is 1. The Labute approximate surface area is 91.2 Å². The van der Waals surface area contributed by atoms with Crippen LogP contribution in [0.1, 0.15) is 18.9 Å². The molecule has 0 fully saturated rings. The Hall–Kier alpha value is -1.06. The highest BCUT2D eigenvalue weighted by molar-refractivity contribution is 5.31. The summed E-state index contributed by atoms with van der Waals surface area (Å²) >= 11 is 0. The first-order chi connectivity index (χ1) is 7.16. The van der Waals surface area contributed by atoms with Crippen LogP contribution in [0.15, 0.2) is 24.3 Å². The largest absolute Gasteiger partial charge is 0.497 e. The molecule has 15 heavy (non-hydrogen) atoms. The molecular formula is C12H19NO2. The third kappa shape index (κ3) is 2.70. The summed E-state index contributed by atoms with van der Waals surface area (Å²) in [5.74, 6) is 0.842. The van der Waals surface area contributed by atoms with E-state index in [0.717, 1.165) is 17.7 Å². The van der Waals surface area contributed by atoms with Crippen LogP contribution in [0.5, 0.6) is 5.75 Å². The maximum atomic E-state index is 6.25. The average Bonchev–Trinajstić information content (AvgIpc) is 2.29. The van der Waals surface area contributed by atoms with Crippen molar-refractivity contribution in [2.75, 3.05) is 20.8 Å². The fourth-order valence-electron chi connectivity index (χ4n) is 1.57. The SMILES string of the molecule is CCC(N)(COC)c1ccc(OC)cc1. The van der Waals surface area contributed by atoms with E-state index in [1.54, 1.807) is 14.2 Å². The van der Waals surface area contributed by atoms with Crippen molar-refractivity contribution in [1.29, 1.82) is 0 Å². The smallest absolute Gasteiger partial charge is 0.118 e. The second-order valence-electron chi connectivity index (χ2n) is 3.67. The van der Waals surface area contributed by atoms with Crippen molar-refractivity contribution in [3.63, 3.8) is 0 Å². The van der Waals surface area contributed by atoms with E-state index >= 15 is 0 Å². The van der Waals surface area contributed by atoms with Crippen molar-refractivity contribution in [3.8, 4) is 5.75 Å². The van der Waals surface area contributed by atoms with E-state index in [0.29, 0.717) is 6.61 Å². The molecule has 0 aliphatic heterocycles. The Balaban J connectivity index is 2.92. The van der Waals surface area contributed by atoms with Crippen LogP contribution in [0.2, 0.25) is 0 Å². The summed E-state index contributed by atoms with van der Waals surface area (Å²) in [6, 6.07) is 7.81. The molecule has 1 aromatic carbocycles. The van der Waals surface area contributed by atoms with Gasteiger partial charge in [-0.05, 0) is 24.1 Å². The second kappa shape index (κ2) is 5.14. The van der Waals surface area contributed by atoms with Gasteiger partial charge in [-0.1, -0.05) is 19.1 Å². The zero-order chi connectivity index (χ0) is 11.3. The van der Waals surface area contributed by atoms with Gasteiger partial charge in [-0.3, -0.25) is 0 Å². The molecule has 0 spiro atoms. The van der Waals surface area contributed by atoms with Crippen LogP contribution in [-0.2, 0) is 10.3 Å². The van der Waals surface area contributed by atoms with Crippen molar-refractivity contribution in [1.82, 2.24) is 0 Å². The van der Waals surface area contributed by atoms with Gasteiger partial charge in [-0.25, -0.2) is 0 Å². The number of hydrogen-bond acceptors (Lipinski definition) is 3. The van der Waals surface area contributed by atoms with E-state index in [-0.39, 0.29) is 0 Å². The van der Waals surface area contributed by atoms with Crippen LogP contribution in [-0.4, -0.2) is 20.8 Å². The van der Waals surface area contributed by atoms with Gasteiger partial charge in [-0.15, -0.1) is 0 Å². The van der Waals surface area contributed by atoms with Crippen LogP contribution >= 0.6 is 0 Å². The van der Waals surface area contributed by atoms with E-state index in [2.05, 4.69) is 6.92 Å². The molecule has 2 N–H and O–H groups in total. The second-order valence-corrected chi connectivity index (χ2v) is 3.67. The predicted octanol–water partition coefficient (Wildman–Crippen LogP) is 1.91. The molecule has 0 saturated heterocycles. The summed E-state index contributed by atoms with van der Waals surface area (Å²) in [7, 11) is 3.32. The summed E-state index contributed by atoms with van der Waals surface area (Å²) in [6.07, 6.45) is 0.840. The van der Waals surface area contributed by atoms with Crippen LogP contribution in [0, 0.1) is 0 Å². The Bertz CT molecular complexity index is 297. The minimum Gasteiger partial charge on any atom is -0.497 e. The highest BCUT2D eigenvalue weighted by Gasteiger charge is 2.24. The zero-order valence-electron chi connectivity index (χ0n) is 9.62. The topological polar surface area (TPSA) is 44.5 Å². The molecule has 0 aromatic heterocycles. The van der Waals surface area contributed by atoms with Crippen molar-refractivity contribution < 1.29 is 9.47 Å². The molecule has 1 aromatic rings. The molecule has 1 rings (SSSR count). The third-order valence-corrected chi connectivity index (χ3v) is 2.70. The first-order valence-electron chi connectivity index (χ1n) is 5.08. The quantitative estimate of drug-likeness (QED) is 0.805. The lowest BCUT2D eigenvalue weighted by atomic mass is 9.89. The molecule has 0 saturated carbocycles. The molecule has 0 aliphatic carbocycles. The van der Waals surface area contributed by atoms with E-state index in [9.17, 15) is 0 Å². The Kier molecular flexibility index (Phi) is 4.12. The van der Waals surface area contributed by atoms with Crippen molar-refractivity contribution in [2.24, 2.45) is 5.73 Å². The monoisotopic (exact) mass is 209 g/mol. The van der Waals surface area contributed by atoms with Gasteiger partial charge in [0, 0.05) is 7.11 Å². The summed E-state index contributed by atoms with van der Waals surface area (Å²) in [5, 5.41) is 0. The number of methoxy groups -OCH3 is 2. The molecule has 3 heteroatoms. The van der Waals surface area contributed by atoms with Gasteiger partial charge in [0.1, 0.15) is 5.75 Å². The fraction of sp³-hybridized carbons (Fsp3) is 0.500. The van der Waals surface area contributed by atoms with E-state index in [1.165, 1.54) is 0 Å². The van der Waals surface area contributed by atoms with Gasteiger partial charge in [0.15, 0.2) is 0 Å². The van der Waals surface area contributed by atoms with E-state index in [4.69, 9.17) is 15.2 Å². The van der Waals surface area contributed by atoms with Crippen LogP contribution in [0.3, 0.4) is 0 Å². The molecule has 0 aliphatic rings. The molecule has 1 unspecified atom stereocenters. The minimum atomic E-state index is -0.402. The number of hydrogen-bond donors (Lipinski definition) is 1. The Morgan fingerprint density at radius 1 is 1.20 bits per heavy atom. The van der Waals surface area contributed by atoms with Crippen molar-refractivity contribution in [2.45, 2.75) is 18.9 Å². The van der Waals surface area contributed by atoms with Gasteiger partial charge < -0.3 is 15.2 Å². The van der Waals surface area contributed by atoms with Crippen molar-refractivity contribution in [3.05, 3.63) is 29.8 Å². The highest BCUT2D eigenvalue weighted by Crippen LogP contribution is 2.24.